The summed E-state index contributed by atoms with van der Waals surface area (Å²) in [7, 11) is 0. The van der Waals surface area contributed by atoms with Crippen molar-refractivity contribution in [3.05, 3.63) is 30.9 Å². The Hall–Kier alpha value is -2.68. The average molecular weight is 382 g/mol. The number of rotatable bonds is 13. The number of hydrogen-bond acceptors (Lipinski definition) is 6. The molecule has 1 heterocycles. The average Bonchev–Trinajstić information content (AvgIpc) is 3.08. The lowest BCUT2D eigenvalue weighted by Crippen LogP contribution is -2.33. The highest BCUT2D eigenvalue weighted by atomic mass is 16.6. The van der Waals surface area contributed by atoms with Crippen LogP contribution in [0.5, 0.6) is 0 Å². The number of amides is 1. The molecule has 9 heteroatoms. The van der Waals surface area contributed by atoms with Crippen LogP contribution in [0.1, 0.15) is 26.2 Å². The third-order valence-corrected chi connectivity index (χ3v) is 3.50. The number of esters is 2. The number of imidazole rings is 1. The summed E-state index contributed by atoms with van der Waals surface area (Å²) >= 11 is 0. The Morgan fingerprint density at radius 2 is 1.96 bits per heavy atom. The SMILES string of the molecule is C=C(C)C(=O)OCCOC(=O)CCC(=O)NCCCn1cc[n+](CCO)c1. The number of carbonyl (C=O) groups excluding carboxylic acids is 3. The van der Waals surface area contributed by atoms with Gasteiger partial charge < -0.3 is 19.9 Å². The Morgan fingerprint density at radius 1 is 1.22 bits per heavy atom. The highest BCUT2D eigenvalue weighted by molar-refractivity contribution is 5.86. The maximum absolute atomic E-state index is 11.7. The van der Waals surface area contributed by atoms with E-state index in [4.69, 9.17) is 14.6 Å². The number of nitrogens with one attached hydrogen (secondary N) is 1. The van der Waals surface area contributed by atoms with E-state index in [-0.39, 0.29) is 44.1 Å². The van der Waals surface area contributed by atoms with Gasteiger partial charge in [0.2, 0.25) is 12.2 Å². The zero-order chi connectivity index (χ0) is 20.1. The standard InChI is InChI=1S/C18H27N3O6/c1-15(2)18(25)27-13-12-26-17(24)5-4-16(23)19-6-3-7-20-8-9-21(14-20)10-11-22/h8-9,14,22H,1,3-7,10-13H2,2H3/p+1. The summed E-state index contributed by atoms with van der Waals surface area (Å²) in [6.45, 7) is 6.76. The molecule has 0 atom stereocenters. The van der Waals surface area contributed by atoms with Gasteiger partial charge in [-0.15, -0.1) is 0 Å². The summed E-state index contributed by atoms with van der Waals surface area (Å²) in [5.41, 5.74) is 0.277. The van der Waals surface area contributed by atoms with Gasteiger partial charge >= 0.3 is 11.9 Å². The van der Waals surface area contributed by atoms with Crippen LogP contribution in [0.2, 0.25) is 0 Å². The first-order chi connectivity index (χ1) is 12.9. The fourth-order valence-corrected chi connectivity index (χ4v) is 2.10. The normalized spacial score (nSPS) is 10.3. The minimum atomic E-state index is -0.534. The molecule has 1 amide bonds. The second-order valence-electron chi connectivity index (χ2n) is 5.95. The molecule has 0 spiro atoms. The minimum Gasteiger partial charge on any atom is -0.462 e. The number of nitrogens with zero attached hydrogens (tertiary/aromatic N) is 2. The largest absolute Gasteiger partial charge is 0.462 e. The Morgan fingerprint density at radius 3 is 2.67 bits per heavy atom. The summed E-state index contributed by atoms with van der Waals surface area (Å²) in [4.78, 5) is 34.3. The summed E-state index contributed by atoms with van der Waals surface area (Å²) in [5, 5.41) is 11.6. The van der Waals surface area contributed by atoms with Crippen molar-refractivity contribution in [2.45, 2.75) is 39.3 Å². The van der Waals surface area contributed by atoms with Gasteiger partial charge in [0.05, 0.1) is 19.6 Å². The van der Waals surface area contributed by atoms with Crippen molar-refractivity contribution in [1.82, 2.24) is 9.88 Å². The fraction of sp³-hybridized carbons (Fsp3) is 0.556. The molecule has 27 heavy (non-hydrogen) atoms. The predicted molar refractivity (Wildman–Crippen MR) is 95.3 cm³/mol. The highest BCUT2D eigenvalue weighted by Crippen LogP contribution is 1.96. The van der Waals surface area contributed by atoms with Gasteiger partial charge in [-0.25, -0.2) is 13.9 Å². The van der Waals surface area contributed by atoms with E-state index >= 15 is 0 Å². The highest BCUT2D eigenvalue weighted by Gasteiger charge is 2.09. The molecule has 9 nitrogen and oxygen atoms in total. The quantitative estimate of drug-likeness (QED) is 0.210. The van der Waals surface area contributed by atoms with Crippen LogP contribution in [-0.2, 0) is 36.9 Å². The van der Waals surface area contributed by atoms with E-state index in [0.717, 1.165) is 13.0 Å². The molecule has 150 valence electrons. The lowest BCUT2D eigenvalue weighted by molar-refractivity contribution is -0.697. The van der Waals surface area contributed by atoms with Gasteiger partial charge in [-0.2, -0.15) is 0 Å². The summed E-state index contributed by atoms with van der Waals surface area (Å²) in [6, 6.07) is 0. The van der Waals surface area contributed by atoms with Crippen molar-refractivity contribution < 1.29 is 33.5 Å². The van der Waals surface area contributed by atoms with Crippen molar-refractivity contribution in [2.24, 2.45) is 0 Å². The topological polar surface area (TPSA) is 111 Å². The lowest BCUT2D eigenvalue weighted by Gasteiger charge is -2.07. The molecule has 1 rings (SSSR count). The molecule has 1 aromatic heterocycles. The van der Waals surface area contributed by atoms with Gasteiger partial charge in [0.1, 0.15) is 32.2 Å². The molecule has 2 N–H and O–H groups in total. The number of aromatic nitrogens is 2. The van der Waals surface area contributed by atoms with Gasteiger partial charge in [-0.1, -0.05) is 6.58 Å². The number of aliphatic hydroxyl groups excluding tert-OH is 1. The van der Waals surface area contributed by atoms with Crippen LogP contribution in [0.25, 0.3) is 0 Å². The smallest absolute Gasteiger partial charge is 0.333 e. The number of aliphatic hydroxyl groups is 1. The zero-order valence-electron chi connectivity index (χ0n) is 15.7. The monoisotopic (exact) mass is 382 g/mol. The van der Waals surface area contributed by atoms with Gasteiger partial charge in [0.15, 0.2) is 0 Å². The van der Waals surface area contributed by atoms with E-state index in [0.29, 0.717) is 13.1 Å². The van der Waals surface area contributed by atoms with Crippen molar-refractivity contribution in [2.75, 3.05) is 26.4 Å². The molecule has 1 aromatic rings. The first-order valence-electron chi connectivity index (χ1n) is 8.83. The van der Waals surface area contributed by atoms with Crippen LogP contribution < -0.4 is 9.88 Å². The van der Waals surface area contributed by atoms with Crippen molar-refractivity contribution in [1.29, 1.82) is 0 Å². The number of carbonyl (C=O) groups is 3. The Bertz CT molecular complexity index is 641. The van der Waals surface area contributed by atoms with Gasteiger partial charge in [-0.05, 0) is 6.92 Å². The molecule has 0 unspecified atom stereocenters. The van der Waals surface area contributed by atoms with Gasteiger partial charge in [-0.3, -0.25) is 9.59 Å². The van der Waals surface area contributed by atoms with E-state index in [9.17, 15) is 14.4 Å². The first-order valence-corrected chi connectivity index (χ1v) is 8.83. The minimum absolute atomic E-state index is 0.0287. The Labute approximate surface area is 158 Å². The number of aryl methyl sites for hydroxylation is 1. The van der Waals surface area contributed by atoms with Crippen LogP contribution in [0.15, 0.2) is 30.9 Å². The van der Waals surface area contributed by atoms with E-state index in [2.05, 4.69) is 11.9 Å². The molecule has 0 aliphatic rings. The molecule has 0 aliphatic heterocycles. The molecule has 0 saturated heterocycles. The molecule has 0 radical (unpaired) electrons. The van der Waals surface area contributed by atoms with Crippen LogP contribution in [-0.4, -0.2) is 53.9 Å². The van der Waals surface area contributed by atoms with E-state index in [1.807, 2.05) is 27.9 Å². The molecule has 0 aliphatic carbocycles. The molecule has 0 fully saturated rings. The van der Waals surface area contributed by atoms with Crippen molar-refractivity contribution in [3.8, 4) is 0 Å². The Kier molecular flexibility index (Phi) is 10.5. The maximum Gasteiger partial charge on any atom is 0.333 e. The van der Waals surface area contributed by atoms with Crippen LogP contribution in [0.3, 0.4) is 0 Å². The van der Waals surface area contributed by atoms with E-state index in [1.165, 1.54) is 6.92 Å². The summed E-state index contributed by atoms with van der Waals surface area (Å²) < 4.78 is 13.5. The lowest BCUT2D eigenvalue weighted by atomic mass is 10.3. The Balaban J connectivity index is 2.05. The number of hydrogen-bond donors (Lipinski definition) is 2. The second kappa shape index (κ2) is 12.6. The maximum atomic E-state index is 11.7. The van der Waals surface area contributed by atoms with Crippen LogP contribution in [0, 0.1) is 0 Å². The van der Waals surface area contributed by atoms with Crippen molar-refractivity contribution in [3.63, 3.8) is 0 Å². The zero-order valence-corrected chi connectivity index (χ0v) is 15.7. The van der Waals surface area contributed by atoms with E-state index < -0.39 is 11.9 Å². The number of ether oxygens (including phenoxy) is 2. The third kappa shape index (κ3) is 10.1. The van der Waals surface area contributed by atoms with Crippen molar-refractivity contribution >= 4 is 17.8 Å². The molecule has 0 aromatic carbocycles. The predicted octanol–water partition coefficient (Wildman–Crippen LogP) is -0.283. The van der Waals surface area contributed by atoms with Crippen LogP contribution >= 0.6 is 0 Å². The molecule has 0 bridgehead atoms. The molecule has 0 saturated carbocycles. The fourth-order valence-electron chi connectivity index (χ4n) is 2.10. The second-order valence-corrected chi connectivity index (χ2v) is 5.95. The first kappa shape index (κ1) is 22.4. The van der Waals surface area contributed by atoms with E-state index in [1.54, 1.807) is 0 Å². The molecular formula is C18H28N3O6+. The van der Waals surface area contributed by atoms with Gasteiger partial charge in [0, 0.05) is 25.0 Å². The summed E-state index contributed by atoms with van der Waals surface area (Å²) in [5.74, 6) is -1.27. The van der Waals surface area contributed by atoms with Gasteiger partial charge in [0.25, 0.3) is 0 Å². The summed E-state index contributed by atoms with van der Waals surface area (Å²) in [6.07, 6.45) is 6.43. The third-order valence-electron chi connectivity index (χ3n) is 3.50. The van der Waals surface area contributed by atoms with Crippen LogP contribution in [0.4, 0.5) is 0 Å². The molecular weight excluding hydrogens is 354 g/mol.